The summed E-state index contributed by atoms with van der Waals surface area (Å²) >= 11 is 1.47. The molecule has 0 atom stereocenters. The van der Waals surface area contributed by atoms with E-state index in [2.05, 4.69) is 17.5 Å². The van der Waals surface area contributed by atoms with Crippen LogP contribution in [0.25, 0.3) is 0 Å². The molecule has 0 radical (unpaired) electrons. The van der Waals surface area contributed by atoms with Crippen LogP contribution in [-0.4, -0.2) is 18.6 Å². The predicted octanol–water partition coefficient (Wildman–Crippen LogP) is 2.84. The lowest BCUT2D eigenvalue weighted by Crippen LogP contribution is -1.90. The van der Waals surface area contributed by atoms with E-state index in [-0.39, 0.29) is 0 Å². The van der Waals surface area contributed by atoms with E-state index in [1.165, 1.54) is 11.8 Å². The highest BCUT2D eigenvalue weighted by Crippen LogP contribution is 2.22. The number of aliphatic imine (C=N–C) groups is 1. The van der Waals surface area contributed by atoms with Gasteiger partial charge in [-0.3, -0.25) is 0 Å². The van der Waals surface area contributed by atoms with E-state index >= 15 is 0 Å². The van der Waals surface area contributed by atoms with Crippen LogP contribution in [0.3, 0.4) is 0 Å². The topological polar surface area (TPSA) is 21.6 Å². The summed E-state index contributed by atoms with van der Waals surface area (Å²) in [5, 5.41) is 0.778. The van der Waals surface area contributed by atoms with Crippen LogP contribution < -0.4 is 0 Å². The molecule has 0 bridgehead atoms. The van der Waals surface area contributed by atoms with Crippen molar-refractivity contribution in [1.29, 1.82) is 0 Å². The van der Waals surface area contributed by atoms with Crippen LogP contribution in [0.15, 0.2) is 28.4 Å². The second-order valence-corrected chi connectivity index (χ2v) is 3.59. The van der Waals surface area contributed by atoms with Gasteiger partial charge in [0, 0.05) is 5.71 Å². The average molecular weight is 209 g/mol. The fourth-order valence-electron chi connectivity index (χ4n) is 0.730. The molecule has 0 unspecified atom stereocenters. The van der Waals surface area contributed by atoms with Crippen LogP contribution in [0.1, 0.15) is 13.8 Å². The molecule has 0 aliphatic rings. The van der Waals surface area contributed by atoms with Crippen molar-refractivity contribution in [2.45, 2.75) is 13.8 Å². The molecular formula is C11H15NOS. The highest BCUT2D eigenvalue weighted by molar-refractivity contribution is 8.03. The van der Waals surface area contributed by atoms with E-state index in [9.17, 15) is 0 Å². The number of terminal acetylenes is 1. The van der Waals surface area contributed by atoms with Crippen LogP contribution in [0.5, 0.6) is 0 Å². The SMILES string of the molecule is C#CCSC(N=C(C)C)=C(C=C)OC. The minimum absolute atomic E-state index is 0.576. The molecule has 0 aromatic carbocycles. The standard InChI is InChI=1S/C11H15NOS/c1-6-8-14-11(12-9(3)4)10(7-2)13-5/h1,7H,2,8H2,3-5H3. The van der Waals surface area contributed by atoms with Crippen molar-refractivity contribution in [3.63, 3.8) is 0 Å². The minimum atomic E-state index is 0.576. The first kappa shape index (κ1) is 12.9. The van der Waals surface area contributed by atoms with E-state index in [1.54, 1.807) is 13.2 Å². The number of allylic oxidation sites excluding steroid dienone is 1. The summed E-state index contributed by atoms with van der Waals surface area (Å²) in [6.07, 6.45) is 6.81. The number of hydrogen-bond acceptors (Lipinski definition) is 3. The maximum absolute atomic E-state index is 5.18. The molecular weight excluding hydrogens is 194 g/mol. The van der Waals surface area contributed by atoms with Crippen molar-refractivity contribution in [3.05, 3.63) is 23.4 Å². The summed E-state index contributed by atoms with van der Waals surface area (Å²) in [6, 6.07) is 0. The largest absolute Gasteiger partial charge is 0.494 e. The van der Waals surface area contributed by atoms with Crippen molar-refractivity contribution in [3.8, 4) is 12.3 Å². The zero-order valence-corrected chi connectivity index (χ0v) is 9.65. The quantitative estimate of drug-likeness (QED) is 0.300. The Morgan fingerprint density at radius 3 is 2.64 bits per heavy atom. The maximum atomic E-state index is 5.18. The van der Waals surface area contributed by atoms with Gasteiger partial charge in [-0.05, 0) is 19.9 Å². The Hall–Kier alpha value is -1.14. The third-order valence-corrected chi connectivity index (χ3v) is 2.11. The Morgan fingerprint density at radius 2 is 2.29 bits per heavy atom. The Labute approximate surface area is 90.1 Å². The second kappa shape index (κ2) is 7.28. The first-order valence-electron chi connectivity index (χ1n) is 4.14. The fourth-order valence-corrected chi connectivity index (χ4v) is 1.51. The van der Waals surface area contributed by atoms with Crippen molar-refractivity contribution >= 4 is 17.5 Å². The molecule has 0 amide bonds. The molecule has 0 spiro atoms. The number of nitrogens with zero attached hydrogens (tertiary/aromatic N) is 1. The molecule has 0 N–H and O–H groups in total. The van der Waals surface area contributed by atoms with Crippen molar-refractivity contribution in [1.82, 2.24) is 0 Å². The summed E-state index contributed by atoms with van der Waals surface area (Å²) in [5.74, 6) is 3.78. The summed E-state index contributed by atoms with van der Waals surface area (Å²) < 4.78 is 5.12. The van der Waals surface area contributed by atoms with Gasteiger partial charge in [-0.1, -0.05) is 24.3 Å². The Balaban J connectivity index is 4.87. The first-order chi connectivity index (χ1) is 6.65. The molecule has 3 heteroatoms. The van der Waals surface area contributed by atoms with Gasteiger partial charge in [0.1, 0.15) is 10.8 Å². The van der Waals surface area contributed by atoms with Gasteiger partial charge in [-0.25, -0.2) is 4.99 Å². The number of rotatable bonds is 5. The molecule has 0 aliphatic carbocycles. The predicted molar refractivity (Wildman–Crippen MR) is 64.3 cm³/mol. The van der Waals surface area contributed by atoms with Gasteiger partial charge < -0.3 is 4.74 Å². The summed E-state index contributed by atoms with van der Waals surface area (Å²) in [7, 11) is 1.59. The summed E-state index contributed by atoms with van der Waals surface area (Å²) in [6.45, 7) is 7.50. The molecule has 2 nitrogen and oxygen atoms in total. The fraction of sp³-hybridized carbons (Fsp3) is 0.364. The molecule has 0 aromatic heterocycles. The van der Waals surface area contributed by atoms with Gasteiger partial charge in [0.2, 0.25) is 0 Å². The lowest BCUT2D eigenvalue weighted by Gasteiger charge is -2.05. The molecule has 76 valence electrons. The lowest BCUT2D eigenvalue weighted by molar-refractivity contribution is 0.305. The Morgan fingerprint density at radius 1 is 1.64 bits per heavy atom. The third-order valence-electron chi connectivity index (χ3n) is 1.23. The molecule has 0 saturated carbocycles. The van der Waals surface area contributed by atoms with E-state index in [0.717, 1.165) is 10.7 Å². The molecule has 0 aliphatic heterocycles. The Bertz CT molecular complexity index is 293. The number of thioether (sulfide) groups is 1. The van der Waals surface area contributed by atoms with E-state index < -0.39 is 0 Å². The zero-order chi connectivity index (χ0) is 11.0. The van der Waals surface area contributed by atoms with Gasteiger partial charge in [-0.15, -0.1) is 6.42 Å². The summed E-state index contributed by atoms with van der Waals surface area (Å²) in [4.78, 5) is 4.32. The van der Waals surface area contributed by atoms with Gasteiger partial charge in [0.05, 0.1) is 12.9 Å². The maximum Gasteiger partial charge on any atom is 0.150 e. The van der Waals surface area contributed by atoms with Gasteiger partial charge >= 0.3 is 0 Å². The van der Waals surface area contributed by atoms with Gasteiger partial charge in [0.25, 0.3) is 0 Å². The van der Waals surface area contributed by atoms with Crippen molar-refractivity contribution < 1.29 is 4.74 Å². The smallest absolute Gasteiger partial charge is 0.150 e. The molecule has 0 aromatic rings. The zero-order valence-electron chi connectivity index (χ0n) is 8.83. The van der Waals surface area contributed by atoms with Crippen LogP contribution in [0, 0.1) is 12.3 Å². The molecule has 0 rings (SSSR count). The summed E-state index contributed by atoms with van der Waals surface area (Å²) in [5.41, 5.74) is 0.959. The third kappa shape index (κ3) is 4.78. The van der Waals surface area contributed by atoms with Crippen LogP contribution in [-0.2, 0) is 4.74 Å². The van der Waals surface area contributed by atoms with Gasteiger partial charge in [-0.2, -0.15) is 0 Å². The molecule has 0 fully saturated rings. The van der Waals surface area contributed by atoms with Crippen LogP contribution >= 0.6 is 11.8 Å². The van der Waals surface area contributed by atoms with Crippen LogP contribution in [0.4, 0.5) is 0 Å². The highest BCUT2D eigenvalue weighted by atomic mass is 32.2. The number of methoxy groups -OCH3 is 1. The number of hydrogen-bond donors (Lipinski definition) is 0. The highest BCUT2D eigenvalue weighted by Gasteiger charge is 2.03. The van der Waals surface area contributed by atoms with Crippen molar-refractivity contribution in [2.75, 3.05) is 12.9 Å². The van der Waals surface area contributed by atoms with Gasteiger partial charge in [0.15, 0.2) is 0 Å². The minimum Gasteiger partial charge on any atom is -0.494 e. The van der Waals surface area contributed by atoms with Crippen LogP contribution in [0.2, 0.25) is 0 Å². The number of ether oxygens (including phenoxy) is 1. The Kier molecular flexibility index (Phi) is 6.69. The van der Waals surface area contributed by atoms with E-state index in [1.807, 2.05) is 13.8 Å². The second-order valence-electron chi connectivity index (χ2n) is 2.63. The van der Waals surface area contributed by atoms with E-state index in [4.69, 9.17) is 11.2 Å². The average Bonchev–Trinajstić information content (AvgIpc) is 2.15. The monoisotopic (exact) mass is 209 g/mol. The molecule has 0 saturated heterocycles. The first-order valence-corrected chi connectivity index (χ1v) is 5.13. The normalized spacial score (nSPS) is 11.0. The lowest BCUT2D eigenvalue weighted by atomic mass is 10.5. The van der Waals surface area contributed by atoms with Crippen molar-refractivity contribution in [2.24, 2.45) is 4.99 Å². The van der Waals surface area contributed by atoms with E-state index in [0.29, 0.717) is 11.5 Å². The molecule has 0 heterocycles. The molecule has 14 heavy (non-hydrogen) atoms.